The maximum Gasteiger partial charge on any atom is 0.250 e. The molecule has 1 heterocycles. The number of anilines is 1. The average molecular weight is 260 g/mol. The second-order valence-electron chi connectivity index (χ2n) is 6.33. The first kappa shape index (κ1) is 12.8. The fraction of sp³-hybridized carbons (Fsp3) is 0.688. The molecule has 1 aromatic rings. The van der Waals surface area contributed by atoms with Crippen molar-refractivity contribution in [1.29, 1.82) is 0 Å². The van der Waals surface area contributed by atoms with Crippen LogP contribution >= 0.6 is 0 Å². The molecule has 3 unspecified atom stereocenters. The van der Waals surface area contributed by atoms with Crippen molar-refractivity contribution in [2.75, 3.05) is 5.32 Å². The lowest BCUT2D eigenvalue weighted by Gasteiger charge is -2.39. The molecule has 104 valence electrons. The Bertz CT molecular complexity index is 494. The van der Waals surface area contributed by atoms with Crippen molar-refractivity contribution in [2.45, 2.75) is 51.0 Å². The third-order valence-electron chi connectivity index (χ3n) is 5.00. The minimum atomic E-state index is 0.0570. The van der Waals surface area contributed by atoms with Crippen LogP contribution in [0.2, 0.25) is 0 Å². The predicted molar refractivity (Wildman–Crippen MR) is 78.4 cm³/mol. The molecule has 0 spiro atoms. The van der Waals surface area contributed by atoms with E-state index in [9.17, 15) is 4.79 Å². The van der Waals surface area contributed by atoms with E-state index in [1.54, 1.807) is 10.6 Å². The first-order chi connectivity index (χ1) is 9.22. The number of nitrogens with zero attached hydrogens (tertiary/aromatic N) is 1. The Balaban J connectivity index is 1.63. The smallest absolute Gasteiger partial charge is 0.250 e. The topological polar surface area (TPSA) is 34.0 Å². The van der Waals surface area contributed by atoms with Crippen LogP contribution in [0.25, 0.3) is 0 Å². The van der Waals surface area contributed by atoms with Crippen LogP contribution in [-0.4, -0.2) is 10.6 Å². The van der Waals surface area contributed by atoms with Gasteiger partial charge in [0.1, 0.15) is 0 Å². The van der Waals surface area contributed by atoms with Gasteiger partial charge in [0.2, 0.25) is 5.56 Å². The largest absolute Gasteiger partial charge is 0.381 e. The van der Waals surface area contributed by atoms with Gasteiger partial charge in [-0.05, 0) is 37.2 Å². The highest BCUT2D eigenvalue weighted by atomic mass is 16.1. The highest BCUT2D eigenvalue weighted by Crippen LogP contribution is 2.41. The van der Waals surface area contributed by atoms with Crippen molar-refractivity contribution in [1.82, 2.24) is 4.57 Å². The van der Waals surface area contributed by atoms with Crippen LogP contribution in [0.15, 0.2) is 23.1 Å². The molecule has 2 fully saturated rings. The molecule has 2 aliphatic rings. The lowest BCUT2D eigenvalue weighted by Crippen LogP contribution is -2.34. The maximum atomic E-state index is 11.4. The van der Waals surface area contributed by atoms with E-state index in [0.29, 0.717) is 6.04 Å². The van der Waals surface area contributed by atoms with Gasteiger partial charge in [-0.1, -0.05) is 25.7 Å². The monoisotopic (exact) mass is 260 g/mol. The molecule has 3 heteroatoms. The number of rotatable bonds is 2. The van der Waals surface area contributed by atoms with Gasteiger partial charge in [0.25, 0.3) is 0 Å². The molecule has 19 heavy (non-hydrogen) atoms. The molecular formula is C16H24N2O. The van der Waals surface area contributed by atoms with Gasteiger partial charge in [-0.15, -0.1) is 0 Å². The normalized spacial score (nSPS) is 30.7. The average Bonchev–Trinajstić information content (AvgIpc) is 2.43. The Morgan fingerprint density at radius 3 is 2.68 bits per heavy atom. The Morgan fingerprint density at radius 2 is 1.89 bits per heavy atom. The molecule has 3 nitrogen and oxygen atoms in total. The van der Waals surface area contributed by atoms with E-state index < -0.39 is 0 Å². The molecule has 3 atom stereocenters. The third kappa shape index (κ3) is 2.85. The van der Waals surface area contributed by atoms with Gasteiger partial charge < -0.3 is 9.88 Å². The fourth-order valence-electron chi connectivity index (χ4n) is 3.92. The zero-order valence-corrected chi connectivity index (χ0v) is 11.8. The van der Waals surface area contributed by atoms with Gasteiger partial charge >= 0.3 is 0 Å². The summed E-state index contributed by atoms with van der Waals surface area (Å²) in [6.07, 6.45) is 11.6. The summed E-state index contributed by atoms with van der Waals surface area (Å²) in [6.45, 7) is 0. The number of pyridine rings is 1. The highest BCUT2D eigenvalue weighted by Gasteiger charge is 2.31. The van der Waals surface area contributed by atoms with Crippen LogP contribution in [0, 0.1) is 11.8 Å². The van der Waals surface area contributed by atoms with Crippen molar-refractivity contribution in [3.8, 4) is 0 Å². The molecule has 0 bridgehead atoms. The molecule has 1 N–H and O–H groups in total. The van der Waals surface area contributed by atoms with Gasteiger partial charge in [0.15, 0.2) is 0 Å². The maximum absolute atomic E-state index is 11.4. The summed E-state index contributed by atoms with van der Waals surface area (Å²) in [5.41, 5.74) is 1.14. The summed E-state index contributed by atoms with van der Waals surface area (Å²) in [4.78, 5) is 11.4. The molecule has 3 rings (SSSR count). The van der Waals surface area contributed by atoms with E-state index in [2.05, 4.69) is 5.32 Å². The number of fused-ring (bicyclic) bond motifs is 1. The summed E-state index contributed by atoms with van der Waals surface area (Å²) in [5, 5.41) is 3.62. The first-order valence-corrected chi connectivity index (χ1v) is 7.65. The number of aromatic nitrogens is 1. The Morgan fingerprint density at radius 1 is 1.11 bits per heavy atom. The van der Waals surface area contributed by atoms with Crippen molar-refractivity contribution in [2.24, 2.45) is 18.9 Å². The van der Waals surface area contributed by atoms with E-state index in [0.717, 1.165) is 17.5 Å². The van der Waals surface area contributed by atoms with Crippen LogP contribution in [-0.2, 0) is 7.05 Å². The third-order valence-corrected chi connectivity index (χ3v) is 5.00. The Labute approximate surface area is 115 Å². The molecule has 0 aliphatic heterocycles. The summed E-state index contributed by atoms with van der Waals surface area (Å²) >= 11 is 0. The molecule has 2 aliphatic carbocycles. The quantitative estimate of drug-likeness (QED) is 0.886. The lowest BCUT2D eigenvalue weighted by atomic mass is 9.69. The summed E-state index contributed by atoms with van der Waals surface area (Å²) in [7, 11) is 1.81. The van der Waals surface area contributed by atoms with Crippen molar-refractivity contribution >= 4 is 5.69 Å². The molecule has 0 amide bonds. The van der Waals surface area contributed by atoms with Crippen LogP contribution in [0.3, 0.4) is 0 Å². The SMILES string of the molecule is Cn1cc(NC2CCC3CCCCC3C2)ccc1=O. The van der Waals surface area contributed by atoms with Crippen molar-refractivity contribution in [3.63, 3.8) is 0 Å². The van der Waals surface area contributed by atoms with Gasteiger partial charge in [-0.25, -0.2) is 0 Å². The summed E-state index contributed by atoms with van der Waals surface area (Å²) in [6, 6.07) is 4.15. The Hall–Kier alpha value is -1.25. The number of nitrogens with one attached hydrogen (secondary N) is 1. The van der Waals surface area contributed by atoms with E-state index >= 15 is 0 Å². The van der Waals surface area contributed by atoms with E-state index in [4.69, 9.17) is 0 Å². The molecule has 2 saturated carbocycles. The highest BCUT2D eigenvalue weighted by molar-refractivity contribution is 5.41. The van der Waals surface area contributed by atoms with Crippen LogP contribution in [0.5, 0.6) is 0 Å². The number of aryl methyl sites for hydroxylation is 1. The van der Waals surface area contributed by atoms with Gasteiger partial charge in [-0.3, -0.25) is 4.79 Å². The van der Waals surface area contributed by atoms with E-state index in [-0.39, 0.29) is 5.56 Å². The standard InChI is InChI=1S/C16H24N2O/c1-18-11-15(8-9-16(18)19)17-14-7-6-12-4-2-3-5-13(12)10-14/h8-9,11-14,17H,2-7,10H2,1H3. The second-order valence-corrected chi connectivity index (χ2v) is 6.33. The van der Waals surface area contributed by atoms with Crippen LogP contribution in [0.1, 0.15) is 44.9 Å². The van der Waals surface area contributed by atoms with Crippen molar-refractivity contribution in [3.05, 3.63) is 28.7 Å². The lowest BCUT2D eigenvalue weighted by molar-refractivity contribution is 0.162. The second kappa shape index (κ2) is 5.40. The fourth-order valence-corrected chi connectivity index (χ4v) is 3.92. The van der Waals surface area contributed by atoms with Gasteiger partial charge in [0.05, 0.1) is 5.69 Å². The van der Waals surface area contributed by atoms with E-state index in [1.807, 2.05) is 19.3 Å². The van der Waals surface area contributed by atoms with Crippen molar-refractivity contribution < 1.29 is 0 Å². The van der Waals surface area contributed by atoms with Gasteiger partial charge in [0, 0.05) is 25.4 Å². The first-order valence-electron chi connectivity index (χ1n) is 7.65. The number of hydrogen-bond acceptors (Lipinski definition) is 2. The zero-order valence-electron chi connectivity index (χ0n) is 11.8. The minimum absolute atomic E-state index is 0.0570. The summed E-state index contributed by atoms with van der Waals surface area (Å²) < 4.78 is 1.65. The molecule has 0 aromatic carbocycles. The van der Waals surface area contributed by atoms with Crippen LogP contribution in [0.4, 0.5) is 5.69 Å². The zero-order chi connectivity index (χ0) is 13.2. The molecule has 1 aromatic heterocycles. The molecule has 0 saturated heterocycles. The Kier molecular flexibility index (Phi) is 3.63. The van der Waals surface area contributed by atoms with E-state index in [1.165, 1.54) is 44.9 Å². The minimum Gasteiger partial charge on any atom is -0.381 e. The predicted octanol–water partition coefficient (Wildman–Crippen LogP) is 3.16. The van der Waals surface area contributed by atoms with Crippen LogP contribution < -0.4 is 10.9 Å². The number of hydrogen-bond donors (Lipinski definition) is 1. The van der Waals surface area contributed by atoms with Gasteiger partial charge in [-0.2, -0.15) is 0 Å². The molecule has 0 radical (unpaired) electrons. The molecular weight excluding hydrogens is 236 g/mol. The summed E-state index contributed by atoms with van der Waals surface area (Å²) in [5.74, 6) is 1.93.